The number of amides is 2. The lowest BCUT2D eigenvalue weighted by molar-refractivity contribution is -0.149. The van der Waals surface area contributed by atoms with Crippen molar-refractivity contribution in [2.75, 3.05) is 30.6 Å². The molecule has 0 saturated heterocycles. The number of ether oxygens (including phenoxy) is 1. The number of esters is 1. The van der Waals surface area contributed by atoms with Gasteiger partial charge in [0.15, 0.2) is 6.61 Å². The molecule has 1 atom stereocenters. The molecule has 0 aliphatic heterocycles. The first-order valence-electron chi connectivity index (χ1n) is 8.86. The van der Waals surface area contributed by atoms with Gasteiger partial charge in [0.1, 0.15) is 6.04 Å². The smallest absolute Gasteiger partial charge is 0.329 e. The summed E-state index contributed by atoms with van der Waals surface area (Å²) in [6.07, 6.45) is 2.33. The molecule has 0 aliphatic carbocycles. The Labute approximate surface area is 169 Å². The third-order valence-electron chi connectivity index (χ3n) is 4.09. The van der Waals surface area contributed by atoms with Gasteiger partial charge in [0, 0.05) is 18.3 Å². The van der Waals surface area contributed by atoms with Gasteiger partial charge in [-0.05, 0) is 42.7 Å². The molecule has 0 bridgehead atoms. The third-order valence-corrected chi connectivity index (χ3v) is 4.74. The molecule has 1 N–H and O–H groups in total. The van der Waals surface area contributed by atoms with Crippen LogP contribution in [0.15, 0.2) is 60.7 Å². The number of nitrogens with zero attached hydrogens (tertiary/aromatic N) is 1. The molecule has 6 nitrogen and oxygen atoms in total. The monoisotopic (exact) mass is 400 g/mol. The topological polar surface area (TPSA) is 75.7 Å². The standard InChI is InChI=1S/C21H24N2O4S/c1-23(17-11-7-4-8-12-17)19(24)15-27-21(26)18(13-14-28-2)22-20(25)16-9-5-3-6-10-16/h3-12,18H,13-15H2,1-2H3,(H,22,25). The van der Waals surface area contributed by atoms with Crippen LogP contribution in [-0.2, 0) is 14.3 Å². The van der Waals surface area contributed by atoms with Gasteiger partial charge in [-0.25, -0.2) is 4.79 Å². The molecule has 0 heterocycles. The summed E-state index contributed by atoms with van der Waals surface area (Å²) >= 11 is 1.56. The van der Waals surface area contributed by atoms with Gasteiger partial charge in [0.2, 0.25) is 0 Å². The Morgan fingerprint density at radius 3 is 2.25 bits per heavy atom. The van der Waals surface area contributed by atoms with E-state index in [4.69, 9.17) is 4.74 Å². The molecule has 0 aliphatic rings. The number of likely N-dealkylation sites (N-methyl/N-ethyl adjacent to an activating group) is 1. The second-order valence-corrected chi connectivity index (χ2v) is 7.06. The van der Waals surface area contributed by atoms with Crippen molar-refractivity contribution in [1.29, 1.82) is 0 Å². The lowest BCUT2D eigenvalue weighted by Crippen LogP contribution is -2.43. The molecule has 1 unspecified atom stereocenters. The van der Waals surface area contributed by atoms with Gasteiger partial charge >= 0.3 is 5.97 Å². The summed E-state index contributed by atoms with van der Waals surface area (Å²) in [6.45, 7) is -0.388. The van der Waals surface area contributed by atoms with Crippen LogP contribution in [0, 0.1) is 0 Å². The van der Waals surface area contributed by atoms with Crippen LogP contribution < -0.4 is 10.2 Å². The first-order valence-corrected chi connectivity index (χ1v) is 10.3. The number of carbonyl (C=O) groups excluding carboxylic acids is 3. The summed E-state index contributed by atoms with van der Waals surface area (Å²) in [7, 11) is 1.62. The van der Waals surface area contributed by atoms with E-state index in [0.717, 1.165) is 0 Å². The van der Waals surface area contributed by atoms with E-state index in [9.17, 15) is 14.4 Å². The maximum Gasteiger partial charge on any atom is 0.329 e. The summed E-state index contributed by atoms with van der Waals surface area (Å²) in [5.41, 5.74) is 1.17. The van der Waals surface area contributed by atoms with E-state index >= 15 is 0 Å². The highest BCUT2D eigenvalue weighted by Gasteiger charge is 2.24. The van der Waals surface area contributed by atoms with Crippen LogP contribution in [0.3, 0.4) is 0 Å². The minimum Gasteiger partial charge on any atom is -0.454 e. The largest absolute Gasteiger partial charge is 0.454 e. The van der Waals surface area contributed by atoms with Gasteiger partial charge in [-0.15, -0.1) is 0 Å². The van der Waals surface area contributed by atoms with Crippen molar-refractivity contribution in [2.24, 2.45) is 0 Å². The van der Waals surface area contributed by atoms with Gasteiger partial charge in [-0.3, -0.25) is 9.59 Å². The predicted molar refractivity (Wildman–Crippen MR) is 112 cm³/mol. The van der Waals surface area contributed by atoms with Crippen LogP contribution in [0.4, 0.5) is 5.69 Å². The fourth-order valence-corrected chi connectivity index (χ4v) is 2.91. The highest BCUT2D eigenvalue weighted by Crippen LogP contribution is 2.11. The van der Waals surface area contributed by atoms with E-state index < -0.39 is 12.0 Å². The zero-order valence-corrected chi connectivity index (χ0v) is 16.8. The van der Waals surface area contributed by atoms with Crippen molar-refractivity contribution in [3.8, 4) is 0 Å². The predicted octanol–water partition coefficient (Wildman–Crippen LogP) is 2.74. The second kappa shape index (κ2) is 11.1. The number of rotatable bonds is 9. The van der Waals surface area contributed by atoms with E-state index in [0.29, 0.717) is 23.4 Å². The van der Waals surface area contributed by atoms with E-state index in [-0.39, 0.29) is 18.4 Å². The summed E-state index contributed by atoms with van der Waals surface area (Å²) < 4.78 is 5.19. The van der Waals surface area contributed by atoms with Crippen molar-refractivity contribution in [3.05, 3.63) is 66.2 Å². The van der Waals surface area contributed by atoms with Crippen LogP contribution in [0.1, 0.15) is 16.8 Å². The fraction of sp³-hybridized carbons (Fsp3) is 0.286. The number of carbonyl (C=O) groups is 3. The third kappa shape index (κ3) is 6.42. The minimum absolute atomic E-state index is 0.349. The summed E-state index contributed by atoms with van der Waals surface area (Å²) in [5, 5.41) is 2.70. The van der Waals surface area contributed by atoms with Gasteiger partial charge in [0.05, 0.1) is 0 Å². The Morgan fingerprint density at radius 1 is 1.04 bits per heavy atom. The number of thioether (sulfide) groups is 1. The molecule has 7 heteroatoms. The Hall–Kier alpha value is -2.80. The van der Waals surface area contributed by atoms with E-state index in [1.807, 2.05) is 30.5 Å². The van der Waals surface area contributed by atoms with E-state index in [2.05, 4.69) is 5.32 Å². The normalized spacial score (nSPS) is 11.4. The Balaban J connectivity index is 1.94. The summed E-state index contributed by atoms with van der Waals surface area (Å²) in [4.78, 5) is 38.5. The number of hydrogen-bond donors (Lipinski definition) is 1. The number of nitrogens with one attached hydrogen (secondary N) is 1. The number of benzene rings is 2. The van der Waals surface area contributed by atoms with Gasteiger partial charge in [0.25, 0.3) is 11.8 Å². The second-order valence-electron chi connectivity index (χ2n) is 6.07. The zero-order chi connectivity index (χ0) is 20.4. The fourth-order valence-electron chi connectivity index (χ4n) is 2.44. The van der Waals surface area contributed by atoms with Gasteiger partial charge in [-0.1, -0.05) is 36.4 Å². The Morgan fingerprint density at radius 2 is 1.64 bits per heavy atom. The van der Waals surface area contributed by atoms with Crippen LogP contribution in [0.25, 0.3) is 0 Å². The first kappa shape index (κ1) is 21.5. The first-order chi connectivity index (χ1) is 13.5. The van der Waals surface area contributed by atoms with Crippen molar-refractivity contribution < 1.29 is 19.1 Å². The molecule has 2 aromatic carbocycles. The molecule has 2 aromatic rings. The summed E-state index contributed by atoms with van der Waals surface area (Å²) in [5.74, 6) is -0.644. The number of anilines is 1. The molecule has 0 fully saturated rings. The van der Waals surface area contributed by atoms with Crippen LogP contribution in [0.2, 0.25) is 0 Å². The highest BCUT2D eigenvalue weighted by atomic mass is 32.2. The molecule has 0 radical (unpaired) electrons. The lowest BCUT2D eigenvalue weighted by Gasteiger charge is -2.20. The van der Waals surface area contributed by atoms with Crippen molar-refractivity contribution in [1.82, 2.24) is 5.32 Å². The molecule has 2 amide bonds. The van der Waals surface area contributed by atoms with Gasteiger partial charge in [-0.2, -0.15) is 11.8 Å². The Kier molecular flexibility index (Phi) is 8.55. The maximum absolute atomic E-state index is 12.5. The molecule has 28 heavy (non-hydrogen) atoms. The zero-order valence-electron chi connectivity index (χ0n) is 16.0. The van der Waals surface area contributed by atoms with Crippen LogP contribution in [0.5, 0.6) is 0 Å². The Bertz CT molecular complexity index is 784. The molecule has 0 spiro atoms. The quantitative estimate of drug-likeness (QED) is 0.655. The van der Waals surface area contributed by atoms with Crippen LogP contribution in [-0.4, -0.2) is 49.5 Å². The average molecular weight is 401 g/mol. The molecule has 0 saturated carbocycles. The van der Waals surface area contributed by atoms with Crippen LogP contribution >= 0.6 is 11.8 Å². The van der Waals surface area contributed by atoms with E-state index in [1.54, 1.807) is 55.2 Å². The lowest BCUT2D eigenvalue weighted by atomic mass is 10.1. The molecule has 2 rings (SSSR count). The highest BCUT2D eigenvalue weighted by molar-refractivity contribution is 7.98. The number of para-hydroxylation sites is 1. The molecule has 0 aromatic heterocycles. The summed E-state index contributed by atoms with van der Waals surface area (Å²) in [6, 6.07) is 16.9. The van der Waals surface area contributed by atoms with Crippen molar-refractivity contribution >= 4 is 35.2 Å². The van der Waals surface area contributed by atoms with Gasteiger partial charge < -0.3 is 15.0 Å². The van der Waals surface area contributed by atoms with Crippen molar-refractivity contribution in [2.45, 2.75) is 12.5 Å². The van der Waals surface area contributed by atoms with E-state index in [1.165, 1.54) is 4.90 Å². The minimum atomic E-state index is -0.810. The SMILES string of the molecule is CSCCC(NC(=O)c1ccccc1)C(=O)OCC(=O)N(C)c1ccccc1. The average Bonchev–Trinajstić information content (AvgIpc) is 2.75. The molecular weight excluding hydrogens is 376 g/mol. The van der Waals surface area contributed by atoms with Crippen molar-refractivity contribution in [3.63, 3.8) is 0 Å². The molecular formula is C21H24N2O4S. The maximum atomic E-state index is 12.5. The molecule has 148 valence electrons. The number of hydrogen-bond acceptors (Lipinski definition) is 5.